The van der Waals surface area contributed by atoms with E-state index in [1.807, 2.05) is 30.3 Å². The molecule has 1 aliphatic heterocycles. The Balaban J connectivity index is 1.58. The van der Waals surface area contributed by atoms with Gasteiger partial charge in [-0.25, -0.2) is 4.39 Å². The summed E-state index contributed by atoms with van der Waals surface area (Å²) in [5.41, 5.74) is 1.15. The highest BCUT2D eigenvalue weighted by Crippen LogP contribution is 2.22. The average Bonchev–Trinajstić information content (AvgIpc) is 2.80. The summed E-state index contributed by atoms with van der Waals surface area (Å²) in [6.45, 7) is 4.78. The van der Waals surface area contributed by atoms with Crippen LogP contribution in [0.25, 0.3) is 0 Å². The van der Waals surface area contributed by atoms with Crippen molar-refractivity contribution in [2.24, 2.45) is 0 Å². The molecular weight excluding hydrogens is 427 g/mol. The summed E-state index contributed by atoms with van der Waals surface area (Å²) >= 11 is 0. The fourth-order valence-electron chi connectivity index (χ4n) is 3.58. The first-order chi connectivity index (χ1) is 15.9. The van der Waals surface area contributed by atoms with E-state index in [4.69, 9.17) is 4.74 Å². The van der Waals surface area contributed by atoms with Gasteiger partial charge in [-0.05, 0) is 23.8 Å². The van der Waals surface area contributed by atoms with Crippen LogP contribution in [0.1, 0.15) is 31.4 Å². The number of halogens is 1. The Morgan fingerprint density at radius 2 is 1.76 bits per heavy atom. The summed E-state index contributed by atoms with van der Waals surface area (Å²) in [6.07, 6.45) is 0.230. The SMILES string of the molecule is CC(=O)NC(CC(=O)Nc1ccc(F)c(NC(=O)CCN2CCOCC2)c1)c1ccccc1. The molecule has 1 atom stereocenters. The number of benzene rings is 2. The zero-order valence-electron chi connectivity index (χ0n) is 18.6. The minimum absolute atomic E-state index is 0.00116. The van der Waals surface area contributed by atoms with Crippen LogP contribution in [0.5, 0.6) is 0 Å². The molecule has 3 N–H and O–H groups in total. The third kappa shape index (κ3) is 7.96. The lowest BCUT2D eigenvalue weighted by Gasteiger charge is -2.26. The van der Waals surface area contributed by atoms with Gasteiger partial charge < -0.3 is 20.7 Å². The number of morpholine rings is 1. The van der Waals surface area contributed by atoms with E-state index in [0.717, 1.165) is 18.7 Å². The highest BCUT2D eigenvalue weighted by Gasteiger charge is 2.18. The van der Waals surface area contributed by atoms with Crippen LogP contribution in [0.3, 0.4) is 0 Å². The summed E-state index contributed by atoms with van der Waals surface area (Å²) in [7, 11) is 0. The van der Waals surface area contributed by atoms with Crippen molar-refractivity contribution >= 4 is 29.1 Å². The van der Waals surface area contributed by atoms with Gasteiger partial charge in [0, 0.05) is 38.7 Å². The molecular formula is C24H29FN4O4. The van der Waals surface area contributed by atoms with Crippen LogP contribution < -0.4 is 16.0 Å². The van der Waals surface area contributed by atoms with Crippen molar-refractivity contribution in [1.29, 1.82) is 0 Å². The normalized spacial score (nSPS) is 14.8. The van der Waals surface area contributed by atoms with E-state index in [9.17, 15) is 18.8 Å². The molecule has 1 saturated heterocycles. The molecule has 33 heavy (non-hydrogen) atoms. The largest absolute Gasteiger partial charge is 0.379 e. The molecule has 1 heterocycles. The van der Waals surface area contributed by atoms with Crippen molar-refractivity contribution < 1.29 is 23.5 Å². The number of hydrogen-bond acceptors (Lipinski definition) is 5. The van der Waals surface area contributed by atoms with Gasteiger partial charge in [0.05, 0.1) is 31.4 Å². The van der Waals surface area contributed by atoms with Crippen molar-refractivity contribution in [2.45, 2.75) is 25.8 Å². The Morgan fingerprint density at radius 3 is 2.45 bits per heavy atom. The fourth-order valence-corrected chi connectivity index (χ4v) is 3.58. The molecule has 0 radical (unpaired) electrons. The standard InChI is InChI=1S/C24H29FN4O4/c1-17(30)26-21(18-5-3-2-4-6-18)16-24(32)27-19-7-8-20(25)22(15-19)28-23(31)9-10-29-11-13-33-14-12-29/h2-8,15,21H,9-14,16H2,1H3,(H,26,30)(H,27,32)(H,28,31). The number of anilines is 2. The van der Waals surface area contributed by atoms with Crippen molar-refractivity contribution in [2.75, 3.05) is 43.5 Å². The first-order valence-electron chi connectivity index (χ1n) is 10.9. The Morgan fingerprint density at radius 1 is 1.03 bits per heavy atom. The van der Waals surface area contributed by atoms with Crippen molar-refractivity contribution in [3.05, 3.63) is 59.9 Å². The third-order valence-corrected chi connectivity index (χ3v) is 5.25. The fraction of sp³-hybridized carbons (Fsp3) is 0.375. The predicted molar refractivity (Wildman–Crippen MR) is 123 cm³/mol. The molecule has 9 heteroatoms. The van der Waals surface area contributed by atoms with Crippen LogP contribution in [0, 0.1) is 5.82 Å². The number of amides is 3. The van der Waals surface area contributed by atoms with Gasteiger partial charge in [-0.3, -0.25) is 19.3 Å². The van der Waals surface area contributed by atoms with Crippen molar-refractivity contribution in [1.82, 2.24) is 10.2 Å². The van der Waals surface area contributed by atoms with E-state index in [1.54, 1.807) is 0 Å². The van der Waals surface area contributed by atoms with E-state index < -0.39 is 11.9 Å². The van der Waals surface area contributed by atoms with E-state index in [0.29, 0.717) is 25.4 Å². The van der Waals surface area contributed by atoms with Gasteiger partial charge in [0.15, 0.2) is 0 Å². The number of carbonyl (C=O) groups is 3. The van der Waals surface area contributed by atoms with Crippen LogP contribution >= 0.6 is 0 Å². The zero-order chi connectivity index (χ0) is 23.6. The van der Waals surface area contributed by atoms with Gasteiger partial charge in [-0.1, -0.05) is 30.3 Å². The molecule has 0 spiro atoms. The number of nitrogens with zero attached hydrogens (tertiary/aromatic N) is 1. The lowest BCUT2D eigenvalue weighted by Crippen LogP contribution is -2.38. The molecule has 176 valence electrons. The predicted octanol–water partition coefficient (Wildman–Crippen LogP) is 2.69. The van der Waals surface area contributed by atoms with Gasteiger partial charge in [-0.15, -0.1) is 0 Å². The number of ether oxygens (including phenoxy) is 1. The molecule has 2 aromatic rings. The Bertz CT molecular complexity index is 964. The molecule has 0 aromatic heterocycles. The van der Waals surface area contributed by atoms with Crippen LogP contribution in [0.4, 0.5) is 15.8 Å². The maximum Gasteiger partial charge on any atom is 0.226 e. The van der Waals surface area contributed by atoms with Gasteiger partial charge in [0.25, 0.3) is 0 Å². The Hall–Kier alpha value is -3.30. The quantitative estimate of drug-likeness (QED) is 0.539. The van der Waals surface area contributed by atoms with Gasteiger partial charge in [0.1, 0.15) is 5.82 Å². The van der Waals surface area contributed by atoms with Crippen LogP contribution in [0.2, 0.25) is 0 Å². The molecule has 3 rings (SSSR count). The minimum Gasteiger partial charge on any atom is -0.379 e. The summed E-state index contributed by atoms with van der Waals surface area (Å²) in [5.74, 6) is -1.50. The first-order valence-corrected chi connectivity index (χ1v) is 10.9. The van der Waals surface area contributed by atoms with E-state index in [2.05, 4.69) is 20.9 Å². The Kier molecular flexibility index (Phi) is 8.91. The molecule has 2 aromatic carbocycles. The van der Waals surface area contributed by atoms with E-state index in [1.165, 1.54) is 25.1 Å². The average molecular weight is 457 g/mol. The monoisotopic (exact) mass is 456 g/mol. The van der Waals surface area contributed by atoms with Crippen LogP contribution in [-0.4, -0.2) is 55.5 Å². The maximum atomic E-state index is 14.2. The molecule has 8 nitrogen and oxygen atoms in total. The minimum atomic E-state index is -0.590. The first kappa shape index (κ1) is 24.3. The molecule has 0 saturated carbocycles. The molecule has 3 amide bonds. The number of nitrogens with one attached hydrogen (secondary N) is 3. The van der Waals surface area contributed by atoms with E-state index >= 15 is 0 Å². The number of hydrogen-bond donors (Lipinski definition) is 3. The van der Waals surface area contributed by atoms with Gasteiger partial charge in [0.2, 0.25) is 17.7 Å². The second-order valence-corrected chi connectivity index (χ2v) is 7.86. The van der Waals surface area contributed by atoms with Gasteiger partial charge in [-0.2, -0.15) is 0 Å². The van der Waals surface area contributed by atoms with Gasteiger partial charge >= 0.3 is 0 Å². The summed E-state index contributed by atoms with van der Waals surface area (Å²) in [5, 5.41) is 8.06. The molecule has 1 unspecified atom stereocenters. The van der Waals surface area contributed by atoms with E-state index in [-0.39, 0.29) is 36.3 Å². The topological polar surface area (TPSA) is 99.8 Å². The molecule has 0 aliphatic carbocycles. The third-order valence-electron chi connectivity index (χ3n) is 5.25. The highest BCUT2D eigenvalue weighted by molar-refractivity contribution is 5.94. The van der Waals surface area contributed by atoms with Crippen LogP contribution in [0.15, 0.2) is 48.5 Å². The summed E-state index contributed by atoms with van der Waals surface area (Å²) < 4.78 is 19.5. The lowest BCUT2D eigenvalue weighted by atomic mass is 10.0. The highest BCUT2D eigenvalue weighted by atomic mass is 19.1. The second kappa shape index (κ2) is 12.1. The van der Waals surface area contributed by atoms with Crippen molar-refractivity contribution in [3.8, 4) is 0 Å². The Labute approximate surface area is 192 Å². The second-order valence-electron chi connectivity index (χ2n) is 7.86. The number of rotatable bonds is 9. The van der Waals surface area contributed by atoms with Crippen molar-refractivity contribution in [3.63, 3.8) is 0 Å². The summed E-state index contributed by atoms with van der Waals surface area (Å²) in [6, 6.07) is 12.7. The zero-order valence-corrected chi connectivity index (χ0v) is 18.6. The maximum absolute atomic E-state index is 14.2. The number of carbonyl (C=O) groups excluding carboxylic acids is 3. The molecule has 1 aliphatic rings. The molecule has 0 bridgehead atoms. The lowest BCUT2D eigenvalue weighted by molar-refractivity contribution is -0.120. The molecule has 1 fully saturated rings. The van der Waals surface area contributed by atoms with Crippen LogP contribution in [-0.2, 0) is 19.1 Å². The smallest absolute Gasteiger partial charge is 0.226 e. The summed E-state index contributed by atoms with van der Waals surface area (Å²) in [4.78, 5) is 38.6.